The summed E-state index contributed by atoms with van der Waals surface area (Å²) < 4.78 is 25.3. The number of carbonyl (C=O) groups excluding carboxylic acids is 1. The van der Waals surface area contributed by atoms with E-state index in [-0.39, 0.29) is 17.6 Å². The summed E-state index contributed by atoms with van der Waals surface area (Å²) in [6.07, 6.45) is 2.97. The quantitative estimate of drug-likeness (QED) is 0.319. The number of aromatic amines is 1. The normalized spacial score (nSPS) is 13.3. The Hall–Kier alpha value is -2.84. The number of halogens is 1. The van der Waals surface area contributed by atoms with Crippen molar-refractivity contribution < 1.29 is 18.6 Å². The number of ether oxygens (including phenoxy) is 1. The van der Waals surface area contributed by atoms with Crippen LogP contribution in [0.3, 0.4) is 0 Å². The molecule has 0 aliphatic heterocycles. The number of H-pyrrole nitrogens is 1. The first-order valence-electron chi connectivity index (χ1n) is 9.59. The SMILES string of the molecule is CCOC(=O)c1[nH]c2ccc(Cl)c(C)c2c1[P@](=O)(OC)c1cc(C)cc(/C=C/C#N)c1. The lowest BCUT2D eigenvalue weighted by Crippen LogP contribution is -2.24. The number of esters is 1. The van der Waals surface area contributed by atoms with Crippen LogP contribution in [-0.2, 0) is 13.8 Å². The Kier molecular flexibility index (Phi) is 6.71. The van der Waals surface area contributed by atoms with Crippen molar-refractivity contribution in [3.05, 3.63) is 63.8 Å². The third-order valence-electron chi connectivity index (χ3n) is 4.94. The molecule has 0 fully saturated rings. The van der Waals surface area contributed by atoms with Gasteiger partial charge in [0.1, 0.15) is 5.69 Å². The molecule has 0 aliphatic carbocycles. The number of allylic oxidation sites excluding steroid dienone is 1. The lowest BCUT2D eigenvalue weighted by molar-refractivity contribution is 0.0522. The van der Waals surface area contributed by atoms with Crippen molar-refractivity contribution in [1.82, 2.24) is 4.98 Å². The number of hydrogen-bond acceptors (Lipinski definition) is 5. The molecule has 1 heterocycles. The Morgan fingerprint density at radius 2 is 2.03 bits per heavy atom. The molecule has 0 saturated heterocycles. The number of nitrogens with one attached hydrogen (secondary N) is 1. The molecular weight excluding hydrogens is 435 g/mol. The van der Waals surface area contributed by atoms with Crippen molar-refractivity contribution in [3.8, 4) is 6.07 Å². The third-order valence-corrected chi connectivity index (χ3v) is 7.84. The van der Waals surface area contributed by atoms with Crippen LogP contribution in [-0.4, -0.2) is 24.7 Å². The molecule has 0 aliphatic rings. The number of carbonyl (C=O) groups is 1. The molecule has 6 nitrogen and oxygen atoms in total. The Balaban J connectivity index is 2.40. The average molecular weight is 457 g/mol. The molecular formula is C23H22ClN2O4P. The smallest absolute Gasteiger partial charge is 0.355 e. The zero-order valence-corrected chi connectivity index (χ0v) is 19.3. The third kappa shape index (κ3) is 4.18. The van der Waals surface area contributed by atoms with Crippen LogP contribution < -0.4 is 10.6 Å². The van der Waals surface area contributed by atoms with Gasteiger partial charge in [-0.25, -0.2) is 4.79 Å². The van der Waals surface area contributed by atoms with E-state index in [0.717, 1.165) is 5.56 Å². The van der Waals surface area contributed by atoms with Gasteiger partial charge < -0.3 is 14.2 Å². The zero-order valence-electron chi connectivity index (χ0n) is 17.7. The second-order valence-corrected chi connectivity index (χ2v) is 9.80. The molecule has 8 heteroatoms. The van der Waals surface area contributed by atoms with Crippen LogP contribution in [0.4, 0.5) is 0 Å². The Labute approximate surface area is 185 Å². The fourth-order valence-electron chi connectivity index (χ4n) is 3.58. The van der Waals surface area contributed by atoms with E-state index in [1.54, 1.807) is 44.2 Å². The molecule has 2 aromatic carbocycles. The van der Waals surface area contributed by atoms with E-state index in [0.29, 0.717) is 32.4 Å². The van der Waals surface area contributed by atoms with Crippen LogP contribution in [0, 0.1) is 25.2 Å². The van der Waals surface area contributed by atoms with E-state index in [9.17, 15) is 9.36 Å². The molecule has 0 saturated carbocycles. The maximum atomic E-state index is 14.4. The van der Waals surface area contributed by atoms with Crippen LogP contribution in [0.15, 0.2) is 36.4 Å². The van der Waals surface area contributed by atoms with Crippen molar-refractivity contribution in [2.45, 2.75) is 20.8 Å². The summed E-state index contributed by atoms with van der Waals surface area (Å²) in [4.78, 5) is 15.8. The van der Waals surface area contributed by atoms with Gasteiger partial charge in [-0.05, 0) is 67.8 Å². The first-order chi connectivity index (χ1) is 14.8. The van der Waals surface area contributed by atoms with Crippen molar-refractivity contribution >= 4 is 52.5 Å². The minimum absolute atomic E-state index is 0.0722. The number of aryl methyl sites for hydroxylation is 2. The highest BCUT2D eigenvalue weighted by atomic mass is 35.5. The van der Waals surface area contributed by atoms with Gasteiger partial charge in [0.2, 0.25) is 0 Å². The summed E-state index contributed by atoms with van der Waals surface area (Å²) >= 11 is 6.36. The van der Waals surface area contributed by atoms with Gasteiger partial charge in [0.15, 0.2) is 0 Å². The zero-order chi connectivity index (χ0) is 22.8. The highest BCUT2D eigenvalue weighted by Crippen LogP contribution is 2.48. The van der Waals surface area contributed by atoms with Gasteiger partial charge in [0.05, 0.1) is 18.0 Å². The van der Waals surface area contributed by atoms with Crippen molar-refractivity contribution in [2.75, 3.05) is 13.7 Å². The van der Waals surface area contributed by atoms with Gasteiger partial charge in [0, 0.05) is 34.4 Å². The van der Waals surface area contributed by atoms with Gasteiger partial charge >= 0.3 is 5.97 Å². The molecule has 31 heavy (non-hydrogen) atoms. The molecule has 3 rings (SSSR count). The predicted molar refractivity (Wildman–Crippen MR) is 124 cm³/mol. The van der Waals surface area contributed by atoms with E-state index < -0.39 is 13.3 Å². The number of hydrogen-bond donors (Lipinski definition) is 1. The lowest BCUT2D eigenvalue weighted by Gasteiger charge is -2.19. The monoisotopic (exact) mass is 456 g/mol. The average Bonchev–Trinajstić information content (AvgIpc) is 3.15. The van der Waals surface area contributed by atoms with E-state index in [2.05, 4.69) is 4.98 Å². The van der Waals surface area contributed by atoms with E-state index in [1.807, 2.05) is 19.1 Å². The molecule has 0 radical (unpaired) electrons. The highest BCUT2D eigenvalue weighted by molar-refractivity contribution is 7.75. The lowest BCUT2D eigenvalue weighted by atomic mass is 10.1. The topological polar surface area (TPSA) is 92.2 Å². The fraction of sp³-hybridized carbons (Fsp3) is 0.217. The molecule has 0 bridgehead atoms. The molecule has 1 aromatic heterocycles. The second-order valence-electron chi connectivity index (χ2n) is 6.96. The molecule has 0 amide bonds. The van der Waals surface area contributed by atoms with Gasteiger partial charge in [-0.15, -0.1) is 0 Å². The number of aromatic nitrogens is 1. The van der Waals surface area contributed by atoms with Crippen LogP contribution in [0.1, 0.15) is 34.1 Å². The first kappa shape index (κ1) is 22.8. The van der Waals surface area contributed by atoms with Gasteiger partial charge in [0.25, 0.3) is 7.37 Å². The molecule has 0 unspecified atom stereocenters. The standard InChI is InChI=1S/C23H22ClN2O4P/c1-5-30-23(27)21-22(20-15(3)18(24)8-9-19(20)26-21)31(28,29-4)17-12-14(2)11-16(13-17)7-6-10-25/h6-9,11-13,26H,5H2,1-4H3/b7-6+/t31-/m1/s1. The van der Waals surface area contributed by atoms with Crippen molar-refractivity contribution in [3.63, 3.8) is 0 Å². The first-order valence-corrected chi connectivity index (χ1v) is 11.6. The van der Waals surface area contributed by atoms with Gasteiger partial charge in [-0.1, -0.05) is 17.7 Å². The van der Waals surface area contributed by atoms with Crippen LogP contribution >= 0.6 is 19.0 Å². The summed E-state index contributed by atoms with van der Waals surface area (Å²) in [5.74, 6) is -0.626. The van der Waals surface area contributed by atoms with Crippen molar-refractivity contribution in [1.29, 1.82) is 5.26 Å². The highest BCUT2D eigenvalue weighted by Gasteiger charge is 2.37. The minimum Gasteiger partial charge on any atom is -0.461 e. The largest absolute Gasteiger partial charge is 0.461 e. The Morgan fingerprint density at radius 1 is 1.29 bits per heavy atom. The number of fused-ring (bicyclic) bond motifs is 1. The summed E-state index contributed by atoms with van der Waals surface area (Å²) in [6.45, 7) is 5.52. The molecule has 1 atom stereocenters. The molecule has 160 valence electrons. The van der Waals surface area contributed by atoms with E-state index in [4.69, 9.17) is 26.1 Å². The number of nitrogens with zero attached hydrogens (tertiary/aromatic N) is 1. The van der Waals surface area contributed by atoms with Crippen LogP contribution in [0.25, 0.3) is 17.0 Å². The Bertz CT molecular complexity index is 1290. The summed E-state index contributed by atoms with van der Waals surface area (Å²) in [6, 6.07) is 10.7. The van der Waals surface area contributed by atoms with Gasteiger partial charge in [-0.3, -0.25) is 4.57 Å². The number of rotatable bonds is 6. The summed E-state index contributed by atoms with van der Waals surface area (Å²) in [7, 11) is -2.41. The molecule has 1 N–H and O–H groups in total. The van der Waals surface area contributed by atoms with E-state index in [1.165, 1.54) is 13.2 Å². The summed E-state index contributed by atoms with van der Waals surface area (Å²) in [5, 5.41) is 10.5. The van der Waals surface area contributed by atoms with E-state index >= 15 is 0 Å². The number of nitriles is 1. The van der Waals surface area contributed by atoms with Crippen molar-refractivity contribution in [2.24, 2.45) is 0 Å². The Morgan fingerprint density at radius 3 is 2.68 bits per heavy atom. The van der Waals surface area contributed by atoms with Gasteiger partial charge in [-0.2, -0.15) is 5.26 Å². The maximum absolute atomic E-state index is 14.4. The van der Waals surface area contributed by atoms with Crippen LogP contribution in [0.2, 0.25) is 5.02 Å². The molecule has 0 spiro atoms. The summed E-state index contributed by atoms with van der Waals surface area (Å²) in [5.41, 5.74) is 2.88. The minimum atomic E-state index is -3.76. The van der Waals surface area contributed by atoms with Crippen LogP contribution in [0.5, 0.6) is 0 Å². The fourth-order valence-corrected chi connectivity index (χ4v) is 6.10. The maximum Gasteiger partial charge on any atom is 0.355 e. The molecule has 3 aromatic rings. The predicted octanol–water partition coefficient (Wildman–Crippen LogP) is 5.03. The second kappa shape index (κ2) is 9.11. The number of benzene rings is 2.